The van der Waals surface area contributed by atoms with E-state index in [1.807, 2.05) is 0 Å². The van der Waals surface area contributed by atoms with E-state index in [4.69, 9.17) is 4.74 Å². The average molecular weight is 443 g/mol. The predicted octanol–water partition coefficient (Wildman–Crippen LogP) is 9.36. The molecule has 4 aliphatic carbocycles. The van der Waals surface area contributed by atoms with Crippen LogP contribution in [0, 0.1) is 41.4 Å². The minimum Gasteiger partial charge on any atom is -0.378 e. The first-order valence-electron chi connectivity index (χ1n) is 15.0. The normalized spacial score (nSPS) is 41.7. The molecule has 0 bridgehead atoms. The van der Waals surface area contributed by atoms with Crippen LogP contribution in [-0.4, -0.2) is 12.7 Å². The molecule has 4 aliphatic rings. The molecule has 0 aromatic heterocycles. The van der Waals surface area contributed by atoms with Crippen LogP contribution in [0.2, 0.25) is 0 Å². The molecule has 4 fully saturated rings. The molecule has 4 rings (SSSR count). The first-order chi connectivity index (χ1) is 15.8. The van der Waals surface area contributed by atoms with Crippen LogP contribution in [0.4, 0.5) is 0 Å². The molecule has 0 amide bonds. The number of unbranched alkanes of at least 4 members (excludes halogenated alkanes) is 1. The summed E-state index contributed by atoms with van der Waals surface area (Å²) in [4.78, 5) is 0. The van der Waals surface area contributed by atoms with Crippen molar-refractivity contribution < 1.29 is 4.74 Å². The Hall–Kier alpha value is -0.300. The van der Waals surface area contributed by atoms with Gasteiger partial charge in [-0.25, -0.2) is 0 Å². The van der Waals surface area contributed by atoms with Gasteiger partial charge in [0.25, 0.3) is 0 Å². The van der Waals surface area contributed by atoms with E-state index in [-0.39, 0.29) is 0 Å². The predicted molar refractivity (Wildman–Crippen MR) is 138 cm³/mol. The van der Waals surface area contributed by atoms with E-state index in [1.54, 1.807) is 51.4 Å². The van der Waals surface area contributed by atoms with E-state index in [0.29, 0.717) is 6.10 Å². The molecule has 0 heterocycles. The maximum Gasteiger partial charge on any atom is 0.0575 e. The summed E-state index contributed by atoms with van der Waals surface area (Å²) in [5.74, 6) is 7.26. The molecule has 1 heteroatoms. The molecule has 32 heavy (non-hydrogen) atoms. The highest BCUT2D eigenvalue weighted by Crippen LogP contribution is 2.48. The SMILES string of the molecule is C/C=C/C1CCC(C2CCC(C3CCC(C4CCC(OCCCC)CC4)CC3)CC2)CC1. The molecule has 4 saturated carbocycles. The molecule has 0 N–H and O–H groups in total. The summed E-state index contributed by atoms with van der Waals surface area (Å²) in [5, 5.41) is 0. The van der Waals surface area contributed by atoms with Crippen molar-refractivity contribution in [1.29, 1.82) is 0 Å². The average Bonchev–Trinajstić information content (AvgIpc) is 2.86. The standard InChI is InChI=1S/C31H54O/c1-3-5-23-32-31-21-19-30(20-22-31)29-17-15-28(16-18-29)27-13-11-26(12-14-27)25-9-7-24(6-4-2)8-10-25/h4,6,24-31H,3,5,7-23H2,1-2H3/b6-4+. The molecule has 0 aliphatic heterocycles. The molecule has 0 aromatic carbocycles. The fourth-order valence-electron chi connectivity index (χ4n) is 8.38. The first-order valence-corrected chi connectivity index (χ1v) is 15.0. The van der Waals surface area contributed by atoms with Gasteiger partial charge in [0.15, 0.2) is 0 Å². The second-order valence-electron chi connectivity index (χ2n) is 12.3. The topological polar surface area (TPSA) is 9.23 Å². The Morgan fingerprint density at radius 2 is 0.938 bits per heavy atom. The van der Waals surface area contributed by atoms with Crippen LogP contribution in [-0.2, 0) is 4.74 Å². The lowest BCUT2D eigenvalue weighted by molar-refractivity contribution is 0.00401. The summed E-state index contributed by atoms with van der Waals surface area (Å²) in [7, 11) is 0. The fraction of sp³-hybridized carbons (Fsp3) is 0.935. The van der Waals surface area contributed by atoms with Gasteiger partial charge in [-0.2, -0.15) is 0 Å². The lowest BCUT2D eigenvalue weighted by atomic mass is 9.63. The van der Waals surface area contributed by atoms with Gasteiger partial charge in [0.1, 0.15) is 0 Å². The fourth-order valence-corrected chi connectivity index (χ4v) is 8.38. The number of allylic oxidation sites excluding steroid dienone is 2. The molecule has 1 nitrogen and oxygen atoms in total. The number of hydrogen-bond acceptors (Lipinski definition) is 1. The Balaban J connectivity index is 1.11. The van der Waals surface area contributed by atoms with Crippen molar-refractivity contribution in [3.8, 4) is 0 Å². The molecular weight excluding hydrogens is 388 g/mol. The van der Waals surface area contributed by atoms with Crippen LogP contribution >= 0.6 is 0 Å². The lowest BCUT2D eigenvalue weighted by Crippen LogP contribution is -2.32. The molecule has 0 saturated heterocycles. The van der Waals surface area contributed by atoms with E-state index in [2.05, 4.69) is 26.0 Å². The van der Waals surface area contributed by atoms with Gasteiger partial charge in [0.2, 0.25) is 0 Å². The Morgan fingerprint density at radius 3 is 1.31 bits per heavy atom. The smallest absolute Gasteiger partial charge is 0.0575 e. The van der Waals surface area contributed by atoms with Crippen molar-refractivity contribution in [2.75, 3.05) is 6.61 Å². The van der Waals surface area contributed by atoms with Gasteiger partial charge in [-0.05, 0) is 158 Å². The Morgan fingerprint density at radius 1 is 0.562 bits per heavy atom. The third-order valence-corrected chi connectivity index (χ3v) is 10.5. The van der Waals surface area contributed by atoms with Crippen LogP contribution in [0.5, 0.6) is 0 Å². The van der Waals surface area contributed by atoms with E-state index in [1.165, 1.54) is 64.2 Å². The maximum atomic E-state index is 6.12. The van der Waals surface area contributed by atoms with E-state index in [0.717, 1.165) is 48.0 Å². The van der Waals surface area contributed by atoms with E-state index >= 15 is 0 Å². The van der Waals surface area contributed by atoms with E-state index < -0.39 is 0 Å². The second kappa shape index (κ2) is 13.0. The molecule has 0 spiro atoms. The zero-order chi connectivity index (χ0) is 22.2. The second-order valence-corrected chi connectivity index (χ2v) is 12.3. The van der Waals surface area contributed by atoms with Crippen molar-refractivity contribution in [1.82, 2.24) is 0 Å². The van der Waals surface area contributed by atoms with Gasteiger partial charge < -0.3 is 4.74 Å². The summed E-state index contributed by atoms with van der Waals surface area (Å²) >= 11 is 0. The van der Waals surface area contributed by atoms with Crippen LogP contribution < -0.4 is 0 Å². The highest BCUT2D eigenvalue weighted by atomic mass is 16.5. The van der Waals surface area contributed by atoms with Gasteiger partial charge in [0.05, 0.1) is 6.10 Å². The monoisotopic (exact) mass is 442 g/mol. The zero-order valence-corrected chi connectivity index (χ0v) is 21.6. The van der Waals surface area contributed by atoms with Gasteiger partial charge in [-0.15, -0.1) is 0 Å². The van der Waals surface area contributed by atoms with Gasteiger partial charge >= 0.3 is 0 Å². The number of hydrogen-bond donors (Lipinski definition) is 0. The zero-order valence-electron chi connectivity index (χ0n) is 21.6. The lowest BCUT2D eigenvalue weighted by Gasteiger charge is -2.43. The molecule has 0 atom stereocenters. The molecule has 0 radical (unpaired) electrons. The van der Waals surface area contributed by atoms with Crippen LogP contribution in [0.15, 0.2) is 12.2 Å². The highest BCUT2D eigenvalue weighted by Gasteiger charge is 2.36. The van der Waals surface area contributed by atoms with Gasteiger partial charge in [-0.1, -0.05) is 25.5 Å². The van der Waals surface area contributed by atoms with Gasteiger partial charge in [0, 0.05) is 6.61 Å². The summed E-state index contributed by atoms with van der Waals surface area (Å²) in [6.07, 6.45) is 31.8. The number of ether oxygens (including phenoxy) is 1. The van der Waals surface area contributed by atoms with Crippen molar-refractivity contribution in [3.05, 3.63) is 12.2 Å². The van der Waals surface area contributed by atoms with Crippen LogP contribution in [0.3, 0.4) is 0 Å². The quantitative estimate of drug-likeness (QED) is 0.269. The minimum atomic E-state index is 0.586. The summed E-state index contributed by atoms with van der Waals surface area (Å²) < 4.78 is 6.12. The Bertz CT molecular complexity index is 521. The minimum absolute atomic E-state index is 0.586. The van der Waals surface area contributed by atoms with Crippen molar-refractivity contribution >= 4 is 0 Å². The molecular formula is C31H54O. The van der Waals surface area contributed by atoms with E-state index in [9.17, 15) is 0 Å². The number of rotatable bonds is 8. The molecule has 0 aromatic rings. The maximum absolute atomic E-state index is 6.12. The Labute approximate surface area is 200 Å². The van der Waals surface area contributed by atoms with Crippen molar-refractivity contribution in [2.24, 2.45) is 41.4 Å². The summed E-state index contributed by atoms with van der Waals surface area (Å²) in [6.45, 7) is 5.45. The highest BCUT2D eigenvalue weighted by molar-refractivity contribution is 4.92. The first kappa shape index (κ1) is 24.8. The van der Waals surface area contributed by atoms with Crippen molar-refractivity contribution in [2.45, 2.75) is 136 Å². The summed E-state index contributed by atoms with van der Waals surface area (Å²) in [6, 6.07) is 0. The van der Waals surface area contributed by atoms with Crippen molar-refractivity contribution in [3.63, 3.8) is 0 Å². The van der Waals surface area contributed by atoms with Crippen LogP contribution in [0.25, 0.3) is 0 Å². The third kappa shape index (κ3) is 6.86. The summed E-state index contributed by atoms with van der Waals surface area (Å²) in [5.41, 5.74) is 0. The largest absolute Gasteiger partial charge is 0.378 e. The van der Waals surface area contributed by atoms with Crippen LogP contribution in [0.1, 0.15) is 129 Å². The molecule has 0 unspecified atom stereocenters. The van der Waals surface area contributed by atoms with Gasteiger partial charge in [-0.3, -0.25) is 0 Å². The Kier molecular flexibility index (Phi) is 10.1. The molecule has 184 valence electrons. The third-order valence-electron chi connectivity index (χ3n) is 10.5.